The maximum absolute atomic E-state index is 12.9. The fourth-order valence-electron chi connectivity index (χ4n) is 2.00. The number of halogens is 1. The summed E-state index contributed by atoms with van der Waals surface area (Å²) in [5.74, 6) is 0.118. The highest BCUT2D eigenvalue weighted by molar-refractivity contribution is 7.10. The number of carbonyl (C=O) groups excluding carboxylic acids is 1. The first kappa shape index (κ1) is 15.2. The van der Waals surface area contributed by atoms with Crippen molar-refractivity contribution < 1.29 is 9.18 Å². The van der Waals surface area contributed by atoms with E-state index >= 15 is 0 Å². The first-order valence-electron chi connectivity index (χ1n) is 7.00. The number of anilines is 3. The number of carbonyl (C=O) groups is 1. The lowest BCUT2D eigenvalue weighted by Crippen LogP contribution is -2.14. The Morgan fingerprint density at radius 3 is 2.52 bits per heavy atom. The lowest BCUT2D eigenvalue weighted by molar-refractivity contribution is -0.115. The van der Waals surface area contributed by atoms with Gasteiger partial charge in [0.1, 0.15) is 11.6 Å². The van der Waals surface area contributed by atoms with Crippen LogP contribution in [0.25, 0.3) is 0 Å². The molecule has 2 N–H and O–H groups in total. The number of hydrogen-bond acceptors (Lipinski definition) is 4. The quantitative estimate of drug-likeness (QED) is 0.738. The van der Waals surface area contributed by atoms with E-state index in [2.05, 4.69) is 15.6 Å². The molecular weight excluding hydrogens is 313 g/mol. The van der Waals surface area contributed by atoms with Gasteiger partial charge < -0.3 is 10.6 Å². The van der Waals surface area contributed by atoms with Crippen LogP contribution in [0.1, 0.15) is 4.88 Å². The Labute approximate surface area is 137 Å². The molecule has 116 valence electrons. The van der Waals surface area contributed by atoms with Gasteiger partial charge in [0, 0.05) is 10.6 Å². The van der Waals surface area contributed by atoms with Crippen molar-refractivity contribution in [1.29, 1.82) is 0 Å². The van der Waals surface area contributed by atoms with Crippen LogP contribution in [0.2, 0.25) is 0 Å². The maximum atomic E-state index is 12.9. The van der Waals surface area contributed by atoms with E-state index in [1.165, 1.54) is 12.1 Å². The summed E-state index contributed by atoms with van der Waals surface area (Å²) in [4.78, 5) is 17.1. The molecule has 0 bridgehead atoms. The molecule has 0 aliphatic heterocycles. The summed E-state index contributed by atoms with van der Waals surface area (Å²) in [6.07, 6.45) is 1.96. The number of rotatable bonds is 5. The third-order valence-corrected chi connectivity index (χ3v) is 3.96. The second-order valence-corrected chi connectivity index (χ2v) is 5.90. The number of pyridine rings is 1. The molecule has 6 heteroatoms. The van der Waals surface area contributed by atoms with Gasteiger partial charge in [-0.1, -0.05) is 6.07 Å². The number of amides is 1. The Balaban J connectivity index is 1.58. The molecule has 3 rings (SSSR count). The first-order valence-corrected chi connectivity index (χ1v) is 7.88. The predicted octanol–water partition coefficient (Wildman–Crippen LogP) is 4.21. The molecule has 0 saturated carbocycles. The van der Waals surface area contributed by atoms with Crippen LogP contribution in [0.5, 0.6) is 0 Å². The van der Waals surface area contributed by atoms with Crippen LogP contribution in [0.15, 0.2) is 60.1 Å². The highest BCUT2D eigenvalue weighted by atomic mass is 32.1. The minimum absolute atomic E-state index is 0.0980. The van der Waals surface area contributed by atoms with Crippen LogP contribution in [-0.4, -0.2) is 10.9 Å². The summed E-state index contributed by atoms with van der Waals surface area (Å²) in [6, 6.07) is 13.4. The number of nitrogens with one attached hydrogen (secondary N) is 2. The molecule has 0 unspecified atom stereocenters. The molecule has 0 spiro atoms. The topological polar surface area (TPSA) is 54.0 Å². The van der Waals surface area contributed by atoms with Gasteiger partial charge in [0.05, 0.1) is 18.3 Å². The van der Waals surface area contributed by atoms with E-state index in [9.17, 15) is 9.18 Å². The summed E-state index contributed by atoms with van der Waals surface area (Å²) < 4.78 is 12.9. The lowest BCUT2D eigenvalue weighted by atomic mass is 10.3. The summed E-state index contributed by atoms with van der Waals surface area (Å²) in [5, 5.41) is 7.81. The smallest absolute Gasteiger partial charge is 0.230 e. The fraction of sp³-hybridized carbons (Fsp3) is 0.0588. The minimum atomic E-state index is -0.280. The standard InChI is InChI=1S/C17H14FN3OS/c18-12-3-5-13(6-4-12)20-14-7-8-16(19-11-14)21-17(22)10-15-2-1-9-23-15/h1-9,11,20H,10H2,(H,19,21,22). The van der Waals surface area contributed by atoms with Gasteiger partial charge in [0.25, 0.3) is 0 Å². The summed E-state index contributed by atoms with van der Waals surface area (Å²) >= 11 is 1.55. The number of hydrogen-bond donors (Lipinski definition) is 2. The normalized spacial score (nSPS) is 10.3. The number of aromatic nitrogens is 1. The average molecular weight is 327 g/mol. The third kappa shape index (κ3) is 4.37. The van der Waals surface area contributed by atoms with E-state index in [1.807, 2.05) is 17.5 Å². The van der Waals surface area contributed by atoms with Crippen LogP contribution in [-0.2, 0) is 11.2 Å². The second kappa shape index (κ2) is 7.02. The van der Waals surface area contributed by atoms with Crippen molar-refractivity contribution >= 4 is 34.4 Å². The van der Waals surface area contributed by atoms with Crippen molar-refractivity contribution in [2.24, 2.45) is 0 Å². The van der Waals surface area contributed by atoms with Crippen LogP contribution in [0.4, 0.5) is 21.6 Å². The highest BCUT2D eigenvalue weighted by Crippen LogP contribution is 2.17. The van der Waals surface area contributed by atoms with E-state index < -0.39 is 0 Å². The molecule has 0 fully saturated rings. The van der Waals surface area contributed by atoms with Crippen molar-refractivity contribution in [3.8, 4) is 0 Å². The molecule has 0 aliphatic rings. The average Bonchev–Trinajstić information content (AvgIpc) is 3.04. The van der Waals surface area contributed by atoms with Crippen LogP contribution < -0.4 is 10.6 Å². The van der Waals surface area contributed by atoms with Gasteiger partial charge in [-0.15, -0.1) is 11.3 Å². The number of nitrogens with zero attached hydrogens (tertiary/aromatic N) is 1. The van der Waals surface area contributed by atoms with E-state index in [1.54, 1.807) is 41.8 Å². The van der Waals surface area contributed by atoms with Gasteiger partial charge in [-0.3, -0.25) is 4.79 Å². The second-order valence-electron chi connectivity index (χ2n) is 4.87. The Morgan fingerprint density at radius 1 is 1.09 bits per heavy atom. The molecule has 0 radical (unpaired) electrons. The zero-order valence-electron chi connectivity index (χ0n) is 12.1. The Kier molecular flexibility index (Phi) is 4.63. The number of benzene rings is 1. The Bertz CT molecular complexity index is 771. The van der Waals surface area contributed by atoms with Gasteiger partial charge in [0.15, 0.2) is 0 Å². The van der Waals surface area contributed by atoms with E-state index in [-0.39, 0.29) is 11.7 Å². The summed E-state index contributed by atoms with van der Waals surface area (Å²) in [7, 11) is 0. The van der Waals surface area contributed by atoms with E-state index in [4.69, 9.17) is 0 Å². The van der Waals surface area contributed by atoms with Crippen molar-refractivity contribution in [2.75, 3.05) is 10.6 Å². The van der Waals surface area contributed by atoms with E-state index in [0.717, 1.165) is 16.3 Å². The molecule has 1 amide bonds. The third-order valence-electron chi connectivity index (χ3n) is 3.08. The largest absolute Gasteiger partial charge is 0.354 e. The molecule has 23 heavy (non-hydrogen) atoms. The highest BCUT2D eigenvalue weighted by Gasteiger charge is 2.05. The summed E-state index contributed by atoms with van der Waals surface area (Å²) in [5.41, 5.74) is 1.52. The molecule has 0 atom stereocenters. The molecule has 1 aromatic carbocycles. The van der Waals surface area contributed by atoms with Crippen LogP contribution in [0.3, 0.4) is 0 Å². The van der Waals surface area contributed by atoms with Crippen LogP contribution >= 0.6 is 11.3 Å². The van der Waals surface area contributed by atoms with Crippen molar-refractivity contribution in [3.63, 3.8) is 0 Å². The van der Waals surface area contributed by atoms with E-state index in [0.29, 0.717) is 12.2 Å². The molecule has 3 aromatic rings. The molecular formula is C17H14FN3OS. The maximum Gasteiger partial charge on any atom is 0.230 e. The SMILES string of the molecule is O=C(Cc1cccs1)Nc1ccc(Nc2ccc(F)cc2)cn1. The molecule has 4 nitrogen and oxygen atoms in total. The van der Waals surface area contributed by atoms with Gasteiger partial charge in [-0.25, -0.2) is 9.37 Å². The van der Waals surface area contributed by atoms with Crippen LogP contribution in [0, 0.1) is 5.82 Å². The zero-order chi connectivity index (χ0) is 16.1. The van der Waals surface area contributed by atoms with Gasteiger partial charge in [0.2, 0.25) is 5.91 Å². The van der Waals surface area contributed by atoms with Crippen molar-refractivity contribution in [3.05, 3.63) is 70.8 Å². The Morgan fingerprint density at radius 2 is 1.87 bits per heavy atom. The zero-order valence-corrected chi connectivity index (χ0v) is 12.9. The molecule has 0 aliphatic carbocycles. The predicted molar refractivity (Wildman–Crippen MR) is 90.6 cm³/mol. The molecule has 0 saturated heterocycles. The summed E-state index contributed by atoms with van der Waals surface area (Å²) in [6.45, 7) is 0. The fourth-order valence-corrected chi connectivity index (χ4v) is 2.70. The Hall–Kier alpha value is -2.73. The first-order chi connectivity index (χ1) is 11.2. The monoisotopic (exact) mass is 327 g/mol. The number of thiophene rings is 1. The van der Waals surface area contributed by atoms with Crippen molar-refractivity contribution in [2.45, 2.75) is 6.42 Å². The lowest BCUT2D eigenvalue weighted by Gasteiger charge is -2.07. The molecule has 2 aromatic heterocycles. The van der Waals surface area contributed by atoms with Gasteiger partial charge >= 0.3 is 0 Å². The van der Waals surface area contributed by atoms with Gasteiger partial charge in [-0.2, -0.15) is 0 Å². The van der Waals surface area contributed by atoms with Gasteiger partial charge in [-0.05, 0) is 47.8 Å². The minimum Gasteiger partial charge on any atom is -0.354 e. The van der Waals surface area contributed by atoms with Crippen molar-refractivity contribution in [1.82, 2.24) is 4.98 Å². The molecule has 2 heterocycles.